The Bertz CT molecular complexity index is 2920. The molecular weight excluding hydrogens is 657 g/mol. The van der Waals surface area contributed by atoms with Gasteiger partial charge in [0.2, 0.25) is 0 Å². The molecule has 50 heavy (non-hydrogen) atoms. The van der Waals surface area contributed by atoms with Gasteiger partial charge in [-0.3, -0.25) is 4.79 Å². The molecule has 0 amide bonds. The van der Waals surface area contributed by atoms with Crippen LogP contribution in [0.25, 0.3) is 53.1 Å². The summed E-state index contributed by atoms with van der Waals surface area (Å²) in [6.07, 6.45) is 1.75. The van der Waals surface area contributed by atoms with Crippen LogP contribution in [0.4, 0.5) is 17.1 Å². The van der Waals surface area contributed by atoms with Gasteiger partial charge in [0.25, 0.3) is 0 Å². The van der Waals surface area contributed by atoms with E-state index in [-0.39, 0.29) is 11.4 Å². The molecule has 0 atom stereocenters. The number of furan rings is 1. The van der Waals surface area contributed by atoms with E-state index in [1.807, 2.05) is 48.5 Å². The van der Waals surface area contributed by atoms with E-state index in [0.29, 0.717) is 39.0 Å². The van der Waals surface area contributed by atoms with Crippen molar-refractivity contribution < 1.29 is 9.21 Å². The molecule has 1 aliphatic carbocycles. The minimum Gasteiger partial charge on any atom is -0.455 e. The number of benzene rings is 5. The summed E-state index contributed by atoms with van der Waals surface area (Å²) in [7, 11) is 0. The van der Waals surface area contributed by atoms with Gasteiger partial charge in [-0.25, -0.2) is 0 Å². The second-order valence-corrected chi connectivity index (χ2v) is 13.9. The molecular formula is C42H20N4O2S2. The van der Waals surface area contributed by atoms with E-state index >= 15 is 0 Å². The molecule has 0 spiro atoms. The van der Waals surface area contributed by atoms with Gasteiger partial charge in [0, 0.05) is 59.9 Å². The lowest BCUT2D eigenvalue weighted by molar-refractivity contribution is 0.104. The largest absolute Gasteiger partial charge is 0.455 e. The molecule has 9 rings (SSSR count). The van der Waals surface area contributed by atoms with Gasteiger partial charge in [0.1, 0.15) is 28.9 Å². The van der Waals surface area contributed by atoms with Crippen LogP contribution in [0, 0.1) is 34.0 Å². The van der Waals surface area contributed by atoms with Crippen LogP contribution in [-0.4, -0.2) is 5.78 Å². The van der Waals surface area contributed by atoms with E-state index < -0.39 is 0 Å². The predicted octanol–water partition coefficient (Wildman–Crippen LogP) is 11.4. The first-order valence-electron chi connectivity index (χ1n) is 15.6. The number of hydrogen-bond acceptors (Lipinski definition) is 8. The van der Waals surface area contributed by atoms with E-state index in [0.717, 1.165) is 36.7 Å². The number of ketones is 1. The molecule has 0 fully saturated rings. The van der Waals surface area contributed by atoms with E-state index in [1.165, 1.54) is 26.8 Å². The van der Waals surface area contributed by atoms with Crippen LogP contribution in [0.2, 0.25) is 0 Å². The van der Waals surface area contributed by atoms with Crippen molar-refractivity contribution in [2.45, 2.75) is 0 Å². The van der Waals surface area contributed by atoms with Crippen LogP contribution in [0.15, 0.2) is 131 Å². The Morgan fingerprint density at radius 3 is 2.22 bits per heavy atom. The van der Waals surface area contributed by atoms with Crippen molar-refractivity contribution in [3.63, 3.8) is 0 Å². The molecule has 0 aliphatic heterocycles. The number of anilines is 3. The Hall–Kier alpha value is -6.76. The van der Waals surface area contributed by atoms with E-state index in [1.54, 1.807) is 41.7 Å². The Balaban J connectivity index is 1.17. The molecule has 0 N–H and O–H groups in total. The molecule has 8 aromatic rings. The standard InChI is InChI=1S/C42H20N4O2S2/c43-21-24-12-14-26(15-13-24)46(35-10-5-9-32-29-6-3-4-11-38(29)50-41(32)35)27-16-17-33-36(18-27)48-37-20-28(49-42(33)37)19-34-39(25(22-44)23-45)30-7-1-2-8-31(30)40(34)47/h1-20H/b34-19-. The fourth-order valence-corrected chi connectivity index (χ4v) is 9.04. The maximum absolute atomic E-state index is 13.5. The number of Topliss-reactive ketones (excluding diaryl/α,β-unsaturated/α-hetero) is 1. The number of nitrogens with zero attached hydrogens (tertiary/aromatic N) is 4. The molecule has 0 saturated carbocycles. The number of rotatable bonds is 4. The molecule has 0 unspecified atom stereocenters. The molecule has 0 bridgehead atoms. The number of nitriles is 3. The quantitative estimate of drug-likeness (QED) is 0.136. The molecule has 8 heteroatoms. The fourth-order valence-electron chi connectivity index (χ4n) is 6.78. The van der Waals surface area contributed by atoms with Gasteiger partial charge in [0.15, 0.2) is 5.78 Å². The molecule has 6 nitrogen and oxygen atoms in total. The predicted molar refractivity (Wildman–Crippen MR) is 201 cm³/mol. The van der Waals surface area contributed by atoms with Gasteiger partial charge >= 0.3 is 0 Å². The lowest BCUT2D eigenvalue weighted by Gasteiger charge is -2.26. The third-order valence-corrected chi connectivity index (χ3v) is 11.3. The normalized spacial score (nSPS) is 13.2. The van der Waals surface area contributed by atoms with Crippen LogP contribution in [-0.2, 0) is 0 Å². The Labute approximate surface area is 293 Å². The summed E-state index contributed by atoms with van der Waals surface area (Å²) in [4.78, 5) is 16.4. The third kappa shape index (κ3) is 4.47. The Morgan fingerprint density at radius 1 is 0.680 bits per heavy atom. The van der Waals surface area contributed by atoms with Crippen molar-refractivity contribution in [3.05, 3.63) is 148 Å². The Morgan fingerprint density at radius 2 is 1.42 bits per heavy atom. The molecule has 0 saturated heterocycles. The lowest BCUT2D eigenvalue weighted by atomic mass is 9.99. The van der Waals surface area contributed by atoms with Crippen LogP contribution in [0.5, 0.6) is 0 Å². The number of allylic oxidation sites excluding steroid dienone is 3. The number of carbonyl (C=O) groups excluding carboxylic acids is 1. The van der Waals surface area contributed by atoms with Crippen molar-refractivity contribution in [1.29, 1.82) is 15.8 Å². The zero-order valence-corrected chi connectivity index (χ0v) is 27.6. The molecule has 232 valence electrons. The second-order valence-electron chi connectivity index (χ2n) is 11.8. The van der Waals surface area contributed by atoms with Crippen LogP contribution in [0.3, 0.4) is 0 Å². The number of hydrogen-bond donors (Lipinski definition) is 0. The van der Waals surface area contributed by atoms with E-state index in [4.69, 9.17) is 4.42 Å². The minimum absolute atomic E-state index is 0.0917. The highest BCUT2D eigenvalue weighted by molar-refractivity contribution is 7.26. The van der Waals surface area contributed by atoms with Crippen LogP contribution < -0.4 is 4.90 Å². The summed E-state index contributed by atoms with van der Waals surface area (Å²) in [5.74, 6) is -0.213. The first-order valence-corrected chi connectivity index (χ1v) is 17.3. The average Bonchev–Trinajstić information content (AvgIpc) is 3.89. The molecule has 3 heterocycles. The van der Waals surface area contributed by atoms with Crippen molar-refractivity contribution in [2.75, 3.05) is 4.90 Å². The molecule has 0 radical (unpaired) electrons. The monoisotopic (exact) mass is 676 g/mol. The second kappa shape index (κ2) is 11.4. The van der Waals surface area contributed by atoms with Gasteiger partial charge in [0.05, 0.1) is 26.7 Å². The topological polar surface area (TPSA) is 105 Å². The van der Waals surface area contributed by atoms with E-state index in [9.17, 15) is 20.6 Å². The van der Waals surface area contributed by atoms with Crippen molar-refractivity contribution in [2.24, 2.45) is 0 Å². The smallest absolute Gasteiger partial charge is 0.194 e. The van der Waals surface area contributed by atoms with Gasteiger partial charge < -0.3 is 9.32 Å². The zero-order valence-electron chi connectivity index (χ0n) is 26.0. The SMILES string of the molecule is N#CC(C#N)=C1/C(=C/c2cc3oc4cc(N(c5ccc(C#N)cc5)c5cccc6c5sc5ccccc56)ccc4c3s2)C(=O)c2ccccc21. The number of carbonyl (C=O) groups is 1. The maximum atomic E-state index is 13.5. The fraction of sp³-hybridized carbons (Fsp3) is 0. The van der Waals surface area contributed by atoms with Crippen molar-refractivity contribution in [1.82, 2.24) is 0 Å². The summed E-state index contributed by atoms with van der Waals surface area (Å²) in [5.41, 5.74) is 6.50. The summed E-state index contributed by atoms with van der Waals surface area (Å²) in [6, 6.07) is 43.6. The van der Waals surface area contributed by atoms with Gasteiger partial charge in [-0.2, -0.15) is 15.8 Å². The van der Waals surface area contributed by atoms with Crippen molar-refractivity contribution in [3.8, 4) is 18.2 Å². The molecule has 5 aromatic carbocycles. The van der Waals surface area contributed by atoms with Crippen LogP contribution in [0.1, 0.15) is 26.4 Å². The van der Waals surface area contributed by atoms with Gasteiger partial charge in [-0.15, -0.1) is 22.7 Å². The summed E-state index contributed by atoms with van der Waals surface area (Å²) in [5, 5.41) is 32.2. The lowest BCUT2D eigenvalue weighted by Crippen LogP contribution is -2.10. The highest BCUT2D eigenvalue weighted by Gasteiger charge is 2.32. The third-order valence-electron chi connectivity index (χ3n) is 9.00. The summed E-state index contributed by atoms with van der Waals surface area (Å²) in [6.45, 7) is 0. The zero-order chi connectivity index (χ0) is 33.9. The number of fused-ring (bicyclic) bond motifs is 7. The molecule has 1 aliphatic rings. The maximum Gasteiger partial charge on any atom is 0.194 e. The molecule has 3 aromatic heterocycles. The van der Waals surface area contributed by atoms with Crippen molar-refractivity contribution >= 4 is 98.6 Å². The number of thiophene rings is 2. The first kappa shape index (κ1) is 29.4. The van der Waals surface area contributed by atoms with Gasteiger partial charge in [-0.05, 0) is 66.2 Å². The summed E-state index contributed by atoms with van der Waals surface area (Å²) < 4.78 is 9.75. The first-order chi connectivity index (χ1) is 24.6. The minimum atomic E-state index is -0.213. The van der Waals surface area contributed by atoms with Crippen LogP contribution >= 0.6 is 22.7 Å². The highest BCUT2D eigenvalue weighted by Crippen LogP contribution is 2.47. The van der Waals surface area contributed by atoms with E-state index in [2.05, 4.69) is 65.6 Å². The summed E-state index contributed by atoms with van der Waals surface area (Å²) >= 11 is 3.25. The highest BCUT2D eigenvalue weighted by atomic mass is 32.1. The average molecular weight is 677 g/mol. The Kier molecular flexibility index (Phi) is 6.72. The van der Waals surface area contributed by atoms with Gasteiger partial charge in [-0.1, -0.05) is 54.6 Å².